The standard InChI is InChI=1S/C16H16F4O2/c17-14-11(5-4-10-2-1-3-10)6-9-13(21-12-7-8-12)15(14)22-16(18,19)20/h4-6,9-10,12H,1-3,7-8H2/b5-4+. The molecule has 0 unspecified atom stereocenters. The Morgan fingerprint density at radius 3 is 2.36 bits per heavy atom. The lowest BCUT2D eigenvalue weighted by Gasteiger charge is -2.21. The molecule has 0 saturated heterocycles. The molecular weight excluding hydrogens is 300 g/mol. The first-order valence-corrected chi connectivity index (χ1v) is 7.35. The molecule has 0 atom stereocenters. The summed E-state index contributed by atoms with van der Waals surface area (Å²) >= 11 is 0. The second-order valence-corrected chi connectivity index (χ2v) is 5.71. The highest BCUT2D eigenvalue weighted by molar-refractivity contribution is 5.57. The van der Waals surface area contributed by atoms with Gasteiger partial charge in [0, 0.05) is 5.56 Å². The van der Waals surface area contributed by atoms with Crippen LogP contribution in [0.2, 0.25) is 0 Å². The summed E-state index contributed by atoms with van der Waals surface area (Å²) in [7, 11) is 0. The van der Waals surface area contributed by atoms with Gasteiger partial charge in [-0.1, -0.05) is 18.6 Å². The molecule has 6 heteroatoms. The van der Waals surface area contributed by atoms with E-state index in [-0.39, 0.29) is 17.4 Å². The summed E-state index contributed by atoms with van der Waals surface area (Å²) in [4.78, 5) is 0. The predicted molar refractivity (Wildman–Crippen MR) is 73.1 cm³/mol. The topological polar surface area (TPSA) is 18.5 Å². The van der Waals surface area contributed by atoms with Crippen LogP contribution in [0.3, 0.4) is 0 Å². The van der Waals surface area contributed by atoms with Crippen molar-refractivity contribution in [3.8, 4) is 11.5 Å². The van der Waals surface area contributed by atoms with Gasteiger partial charge in [-0.05, 0) is 43.7 Å². The third-order valence-electron chi connectivity index (χ3n) is 3.82. The van der Waals surface area contributed by atoms with E-state index in [1.165, 1.54) is 18.2 Å². The molecule has 0 spiro atoms. The van der Waals surface area contributed by atoms with E-state index >= 15 is 0 Å². The van der Waals surface area contributed by atoms with E-state index in [0.717, 1.165) is 32.1 Å². The number of rotatable bonds is 5. The smallest absolute Gasteiger partial charge is 0.486 e. The van der Waals surface area contributed by atoms with Crippen molar-refractivity contribution in [3.05, 3.63) is 29.6 Å². The molecule has 0 aromatic heterocycles. The van der Waals surface area contributed by atoms with Crippen LogP contribution in [0, 0.1) is 11.7 Å². The molecule has 0 heterocycles. The first-order chi connectivity index (χ1) is 10.4. The first kappa shape index (κ1) is 15.2. The molecular formula is C16H16F4O2. The zero-order valence-electron chi connectivity index (χ0n) is 11.8. The van der Waals surface area contributed by atoms with Crippen molar-refractivity contribution in [2.24, 2.45) is 5.92 Å². The van der Waals surface area contributed by atoms with Crippen LogP contribution in [0.5, 0.6) is 11.5 Å². The minimum absolute atomic E-state index is 0.0781. The number of allylic oxidation sites excluding steroid dienone is 1. The minimum Gasteiger partial charge on any atom is -0.486 e. The Kier molecular flexibility index (Phi) is 4.02. The van der Waals surface area contributed by atoms with E-state index in [1.807, 2.05) is 6.08 Å². The monoisotopic (exact) mass is 316 g/mol. The highest BCUT2D eigenvalue weighted by Gasteiger charge is 2.36. The van der Waals surface area contributed by atoms with Crippen LogP contribution in [-0.2, 0) is 0 Å². The molecule has 2 nitrogen and oxygen atoms in total. The average Bonchev–Trinajstić information content (AvgIpc) is 3.17. The van der Waals surface area contributed by atoms with Crippen molar-refractivity contribution in [3.63, 3.8) is 0 Å². The lowest BCUT2D eigenvalue weighted by atomic mass is 9.85. The number of hydrogen-bond acceptors (Lipinski definition) is 2. The minimum atomic E-state index is -4.96. The summed E-state index contributed by atoms with van der Waals surface area (Å²) < 4.78 is 61.0. The summed E-state index contributed by atoms with van der Waals surface area (Å²) in [5, 5.41) is 0. The van der Waals surface area contributed by atoms with Gasteiger partial charge in [0.05, 0.1) is 6.10 Å². The Hall–Kier alpha value is -1.72. The van der Waals surface area contributed by atoms with E-state index in [1.54, 1.807) is 0 Å². The molecule has 1 aromatic carbocycles. The second kappa shape index (κ2) is 5.82. The summed E-state index contributed by atoms with van der Waals surface area (Å²) in [6, 6.07) is 2.76. The molecule has 2 aliphatic carbocycles. The zero-order valence-corrected chi connectivity index (χ0v) is 11.8. The lowest BCUT2D eigenvalue weighted by Crippen LogP contribution is -2.19. The van der Waals surface area contributed by atoms with Gasteiger partial charge in [-0.15, -0.1) is 13.2 Å². The molecule has 3 rings (SSSR count). The molecule has 0 aliphatic heterocycles. The Labute approximate surface area is 125 Å². The number of benzene rings is 1. The lowest BCUT2D eigenvalue weighted by molar-refractivity contribution is -0.276. The van der Waals surface area contributed by atoms with E-state index in [4.69, 9.17) is 4.74 Å². The Bertz CT molecular complexity index is 572. The van der Waals surface area contributed by atoms with Gasteiger partial charge in [0.1, 0.15) is 0 Å². The summed E-state index contributed by atoms with van der Waals surface area (Å²) in [5.74, 6) is -1.73. The molecule has 2 aliphatic rings. The fourth-order valence-corrected chi connectivity index (χ4v) is 2.22. The highest BCUT2D eigenvalue weighted by atomic mass is 19.4. The molecule has 1 aromatic rings. The molecule has 22 heavy (non-hydrogen) atoms. The van der Waals surface area contributed by atoms with Crippen molar-refractivity contribution in [2.45, 2.75) is 44.6 Å². The van der Waals surface area contributed by atoms with E-state index < -0.39 is 17.9 Å². The second-order valence-electron chi connectivity index (χ2n) is 5.71. The molecule has 2 fully saturated rings. The van der Waals surface area contributed by atoms with Gasteiger partial charge in [-0.3, -0.25) is 0 Å². The molecule has 0 N–H and O–H groups in total. The van der Waals surface area contributed by atoms with Gasteiger partial charge in [0.2, 0.25) is 5.75 Å². The normalized spacial score (nSPS) is 19.3. The average molecular weight is 316 g/mol. The van der Waals surface area contributed by atoms with Gasteiger partial charge >= 0.3 is 6.36 Å². The van der Waals surface area contributed by atoms with Crippen LogP contribution < -0.4 is 9.47 Å². The molecule has 0 radical (unpaired) electrons. The summed E-state index contributed by atoms with van der Waals surface area (Å²) in [6.45, 7) is 0. The number of alkyl halides is 3. The summed E-state index contributed by atoms with van der Waals surface area (Å²) in [5.41, 5.74) is 0.0781. The van der Waals surface area contributed by atoms with E-state index in [2.05, 4.69) is 4.74 Å². The third kappa shape index (κ3) is 3.72. The van der Waals surface area contributed by atoms with Gasteiger partial charge in [0.25, 0.3) is 0 Å². The Morgan fingerprint density at radius 1 is 1.09 bits per heavy atom. The maximum atomic E-state index is 14.4. The van der Waals surface area contributed by atoms with Gasteiger partial charge in [-0.2, -0.15) is 0 Å². The van der Waals surface area contributed by atoms with Crippen molar-refractivity contribution in [2.75, 3.05) is 0 Å². The van der Waals surface area contributed by atoms with Crippen LogP contribution in [-0.4, -0.2) is 12.5 Å². The van der Waals surface area contributed by atoms with E-state index in [9.17, 15) is 17.6 Å². The maximum absolute atomic E-state index is 14.4. The molecule has 2 saturated carbocycles. The van der Waals surface area contributed by atoms with Gasteiger partial charge < -0.3 is 9.47 Å². The summed E-state index contributed by atoms with van der Waals surface area (Å²) in [6.07, 6.45) is 2.97. The van der Waals surface area contributed by atoms with Crippen LogP contribution >= 0.6 is 0 Å². The van der Waals surface area contributed by atoms with Crippen molar-refractivity contribution in [1.29, 1.82) is 0 Å². The number of ether oxygens (including phenoxy) is 2. The fourth-order valence-electron chi connectivity index (χ4n) is 2.22. The van der Waals surface area contributed by atoms with Crippen LogP contribution in [0.1, 0.15) is 37.7 Å². The van der Waals surface area contributed by atoms with Gasteiger partial charge in [0.15, 0.2) is 11.6 Å². The zero-order chi connectivity index (χ0) is 15.7. The Balaban J connectivity index is 1.87. The maximum Gasteiger partial charge on any atom is 0.573 e. The van der Waals surface area contributed by atoms with Crippen molar-refractivity contribution < 1.29 is 27.0 Å². The van der Waals surface area contributed by atoms with Crippen LogP contribution in [0.4, 0.5) is 17.6 Å². The van der Waals surface area contributed by atoms with Crippen LogP contribution in [0.15, 0.2) is 18.2 Å². The number of hydrogen-bond donors (Lipinski definition) is 0. The SMILES string of the molecule is Fc1c(/C=C/C2CCC2)ccc(OC2CC2)c1OC(F)(F)F. The fraction of sp³-hybridized carbons (Fsp3) is 0.500. The third-order valence-corrected chi connectivity index (χ3v) is 3.82. The molecule has 0 bridgehead atoms. The highest BCUT2D eigenvalue weighted by Crippen LogP contribution is 2.40. The quantitative estimate of drug-likeness (QED) is 0.705. The molecule has 120 valence electrons. The van der Waals surface area contributed by atoms with E-state index in [0.29, 0.717) is 5.92 Å². The predicted octanol–water partition coefficient (Wildman–Crippen LogP) is 5.08. The van der Waals surface area contributed by atoms with Crippen LogP contribution in [0.25, 0.3) is 6.08 Å². The first-order valence-electron chi connectivity index (χ1n) is 7.35. The largest absolute Gasteiger partial charge is 0.573 e. The Morgan fingerprint density at radius 2 is 1.82 bits per heavy atom. The molecule has 0 amide bonds. The van der Waals surface area contributed by atoms with Gasteiger partial charge in [-0.25, -0.2) is 4.39 Å². The number of halogens is 4. The van der Waals surface area contributed by atoms with Crippen molar-refractivity contribution >= 4 is 6.08 Å². The van der Waals surface area contributed by atoms with Crippen molar-refractivity contribution in [1.82, 2.24) is 0 Å².